The monoisotopic (exact) mass is 658 g/mol. The first-order chi connectivity index (χ1) is 21.8. The molecule has 0 fully saturated rings. The average molecular weight is 659 g/mol. The maximum absolute atomic E-state index is 12.4. The van der Waals surface area contributed by atoms with Gasteiger partial charge in [-0.05, 0) is 57.8 Å². The van der Waals surface area contributed by atoms with Crippen LogP contribution >= 0.6 is 7.82 Å². The number of ether oxygens (including phenoxy) is 2. The van der Waals surface area contributed by atoms with Gasteiger partial charge in [-0.3, -0.25) is 18.6 Å². The van der Waals surface area contributed by atoms with Crippen molar-refractivity contribution in [2.75, 3.05) is 20.3 Å². The number of hydrogen-bond donors (Lipinski definition) is 1. The topological polar surface area (TPSA) is 108 Å². The molecular weight excluding hydrogens is 591 g/mol. The summed E-state index contributed by atoms with van der Waals surface area (Å²) in [6, 6.07) is 0. The van der Waals surface area contributed by atoms with Crippen LogP contribution in [0.2, 0.25) is 0 Å². The fourth-order valence-corrected chi connectivity index (χ4v) is 5.29. The van der Waals surface area contributed by atoms with Crippen LogP contribution in [0.3, 0.4) is 0 Å². The molecule has 1 N–H and O–H groups in total. The summed E-state index contributed by atoms with van der Waals surface area (Å²) in [4.78, 5) is 34.2. The molecule has 0 aliphatic carbocycles. The third kappa shape index (κ3) is 32.3. The Morgan fingerprint density at radius 3 is 1.53 bits per heavy atom. The lowest BCUT2D eigenvalue weighted by molar-refractivity contribution is -0.161. The molecule has 0 heterocycles. The average Bonchev–Trinajstić information content (AvgIpc) is 3.03. The van der Waals surface area contributed by atoms with E-state index >= 15 is 0 Å². The fourth-order valence-electron chi connectivity index (χ4n) is 4.83. The standard InChI is InChI=1S/C36H67O8P/c1-4-6-8-10-12-14-16-17-18-19-20-21-23-25-27-29-31-36(38)44-34(33-43-45(39,40)41-3)32-42-35(37)30-28-26-24-22-15-13-11-9-7-5-2/h9,11,18-19,34H,4-8,10,12-17,20-33H2,1-3H3,(H,39,40)/b11-9-,19-18-. The molecule has 0 saturated carbocycles. The molecule has 0 rings (SSSR count). The summed E-state index contributed by atoms with van der Waals surface area (Å²) in [5, 5.41) is 0. The minimum atomic E-state index is -4.25. The number of carbonyl (C=O) groups excluding carboxylic acids is 2. The predicted molar refractivity (Wildman–Crippen MR) is 184 cm³/mol. The number of esters is 2. The molecule has 0 aromatic heterocycles. The van der Waals surface area contributed by atoms with Crippen molar-refractivity contribution < 1.29 is 37.6 Å². The summed E-state index contributed by atoms with van der Waals surface area (Å²) < 4.78 is 31.8. The third-order valence-corrected chi connectivity index (χ3v) is 8.59. The van der Waals surface area contributed by atoms with E-state index in [4.69, 9.17) is 14.0 Å². The normalized spacial score (nSPS) is 13.8. The van der Waals surface area contributed by atoms with Crippen LogP contribution in [0.25, 0.3) is 0 Å². The lowest BCUT2D eigenvalue weighted by Gasteiger charge is -2.19. The zero-order chi connectivity index (χ0) is 33.3. The number of rotatable bonds is 33. The second-order valence-electron chi connectivity index (χ2n) is 12.0. The number of phosphoric acid groups is 1. The number of carbonyl (C=O) groups is 2. The Bertz CT molecular complexity index is 798. The Kier molecular flexibility index (Phi) is 31.4. The van der Waals surface area contributed by atoms with E-state index in [1.54, 1.807) is 0 Å². The molecule has 0 spiro atoms. The Morgan fingerprint density at radius 1 is 0.600 bits per heavy atom. The van der Waals surface area contributed by atoms with Crippen LogP contribution in [-0.4, -0.2) is 43.3 Å². The number of hydrogen-bond acceptors (Lipinski definition) is 7. The van der Waals surface area contributed by atoms with Crippen LogP contribution in [0.1, 0.15) is 168 Å². The first-order valence-corrected chi connectivity index (χ1v) is 19.5. The Morgan fingerprint density at radius 2 is 1.04 bits per heavy atom. The van der Waals surface area contributed by atoms with Crippen molar-refractivity contribution in [3.8, 4) is 0 Å². The maximum Gasteiger partial charge on any atom is 0.472 e. The van der Waals surface area contributed by atoms with E-state index in [1.165, 1.54) is 57.8 Å². The minimum absolute atomic E-state index is 0.231. The van der Waals surface area contributed by atoms with Crippen molar-refractivity contribution >= 4 is 19.8 Å². The molecule has 0 aromatic carbocycles. The largest absolute Gasteiger partial charge is 0.472 e. The van der Waals surface area contributed by atoms with Crippen molar-refractivity contribution in [3.63, 3.8) is 0 Å². The Balaban J connectivity index is 4.08. The van der Waals surface area contributed by atoms with Gasteiger partial charge in [0.2, 0.25) is 0 Å². The van der Waals surface area contributed by atoms with Gasteiger partial charge in [0.25, 0.3) is 0 Å². The van der Waals surface area contributed by atoms with Gasteiger partial charge in [-0.2, -0.15) is 0 Å². The first kappa shape index (κ1) is 43.5. The lowest BCUT2D eigenvalue weighted by atomic mass is 10.1. The van der Waals surface area contributed by atoms with Gasteiger partial charge >= 0.3 is 19.8 Å². The summed E-state index contributed by atoms with van der Waals surface area (Å²) in [7, 11) is -3.20. The summed E-state index contributed by atoms with van der Waals surface area (Å²) >= 11 is 0. The van der Waals surface area contributed by atoms with Crippen molar-refractivity contribution in [1.82, 2.24) is 0 Å². The van der Waals surface area contributed by atoms with E-state index in [2.05, 4.69) is 42.7 Å². The highest BCUT2D eigenvalue weighted by Crippen LogP contribution is 2.42. The summed E-state index contributed by atoms with van der Waals surface area (Å²) in [5.41, 5.74) is 0. The molecule has 0 aliphatic heterocycles. The molecular formula is C36H67O8P. The van der Waals surface area contributed by atoms with Gasteiger partial charge in [-0.25, -0.2) is 4.57 Å². The van der Waals surface area contributed by atoms with Crippen molar-refractivity contribution in [2.45, 2.75) is 174 Å². The Labute approximate surface area is 275 Å². The van der Waals surface area contributed by atoms with Gasteiger partial charge in [0.05, 0.1) is 6.61 Å². The molecule has 0 aliphatic rings. The molecule has 264 valence electrons. The maximum atomic E-state index is 12.4. The SMILES string of the molecule is CCC/C=C\CCCCCCCC(=O)OCC(COP(=O)(O)OC)OC(=O)CCCCCCC/C=C\CCCCCCCCC. The van der Waals surface area contributed by atoms with Crippen LogP contribution < -0.4 is 0 Å². The lowest BCUT2D eigenvalue weighted by Crippen LogP contribution is -2.29. The van der Waals surface area contributed by atoms with E-state index in [9.17, 15) is 19.0 Å². The molecule has 2 atom stereocenters. The number of unbranched alkanes of at least 4 members (excludes halogenated alkanes) is 18. The summed E-state index contributed by atoms with van der Waals surface area (Å²) in [6.45, 7) is 3.79. The highest BCUT2D eigenvalue weighted by molar-refractivity contribution is 7.47. The van der Waals surface area contributed by atoms with E-state index in [1.807, 2.05) is 0 Å². The third-order valence-electron chi connectivity index (χ3n) is 7.65. The minimum Gasteiger partial charge on any atom is -0.462 e. The quantitative estimate of drug-likeness (QED) is 0.0321. The molecule has 8 nitrogen and oxygen atoms in total. The zero-order valence-corrected chi connectivity index (χ0v) is 29.9. The van der Waals surface area contributed by atoms with Gasteiger partial charge < -0.3 is 14.4 Å². The molecule has 2 unspecified atom stereocenters. The number of allylic oxidation sites excluding steroid dienone is 4. The molecule has 9 heteroatoms. The van der Waals surface area contributed by atoms with Crippen LogP contribution in [0.15, 0.2) is 24.3 Å². The van der Waals surface area contributed by atoms with Gasteiger partial charge in [0.1, 0.15) is 6.61 Å². The summed E-state index contributed by atoms with van der Waals surface area (Å²) in [5.74, 6) is -0.826. The van der Waals surface area contributed by atoms with Gasteiger partial charge in [0.15, 0.2) is 6.10 Å². The molecule has 0 radical (unpaired) electrons. The number of phosphoric ester groups is 1. The van der Waals surface area contributed by atoms with Crippen LogP contribution in [0.4, 0.5) is 0 Å². The first-order valence-electron chi connectivity index (χ1n) is 18.0. The fraction of sp³-hybridized carbons (Fsp3) is 0.833. The van der Waals surface area contributed by atoms with E-state index in [-0.39, 0.29) is 25.4 Å². The highest BCUT2D eigenvalue weighted by Gasteiger charge is 2.24. The molecule has 45 heavy (non-hydrogen) atoms. The van der Waals surface area contributed by atoms with Gasteiger partial charge in [-0.1, -0.05) is 122 Å². The molecule has 0 amide bonds. The molecule has 0 saturated heterocycles. The van der Waals surface area contributed by atoms with Gasteiger partial charge in [0, 0.05) is 20.0 Å². The van der Waals surface area contributed by atoms with Gasteiger partial charge in [-0.15, -0.1) is 0 Å². The van der Waals surface area contributed by atoms with E-state index in [0.29, 0.717) is 6.42 Å². The highest BCUT2D eigenvalue weighted by atomic mass is 31.2. The van der Waals surface area contributed by atoms with Crippen molar-refractivity contribution in [1.29, 1.82) is 0 Å². The van der Waals surface area contributed by atoms with E-state index in [0.717, 1.165) is 84.2 Å². The zero-order valence-electron chi connectivity index (χ0n) is 29.0. The van der Waals surface area contributed by atoms with Crippen molar-refractivity contribution in [3.05, 3.63) is 24.3 Å². The van der Waals surface area contributed by atoms with Crippen LogP contribution in [-0.2, 0) is 32.7 Å². The van der Waals surface area contributed by atoms with Crippen LogP contribution in [0.5, 0.6) is 0 Å². The predicted octanol–water partition coefficient (Wildman–Crippen LogP) is 10.7. The summed E-state index contributed by atoms with van der Waals surface area (Å²) in [6.07, 6.45) is 33.8. The molecule has 0 bridgehead atoms. The smallest absolute Gasteiger partial charge is 0.462 e. The second-order valence-corrected chi connectivity index (χ2v) is 13.6. The van der Waals surface area contributed by atoms with Crippen molar-refractivity contribution in [2.24, 2.45) is 0 Å². The van der Waals surface area contributed by atoms with E-state index < -0.39 is 26.5 Å². The second kappa shape index (κ2) is 32.5. The molecule has 0 aromatic rings. The van der Waals surface area contributed by atoms with Crippen LogP contribution in [0, 0.1) is 0 Å². The Hall–Kier alpha value is -1.47.